The van der Waals surface area contributed by atoms with Crippen molar-refractivity contribution in [2.24, 2.45) is 0 Å². The average Bonchev–Trinajstić information content (AvgIpc) is 2.49. The number of hydrogen-bond acceptors (Lipinski definition) is 3. The molecule has 0 N–H and O–H groups in total. The monoisotopic (exact) mass is 368 g/mol. The molecule has 0 bridgehead atoms. The predicted octanol–water partition coefficient (Wildman–Crippen LogP) is 3.08. The summed E-state index contributed by atoms with van der Waals surface area (Å²) in [5.74, 6) is 0.791. The van der Waals surface area contributed by atoms with E-state index in [0.29, 0.717) is 6.04 Å². The third-order valence-electron chi connectivity index (χ3n) is 4.25. The molecule has 0 aliphatic carbocycles. The fraction of sp³-hybridized carbons (Fsp3) is 0.588. The van der Waals surface area contributed by atoms with Crippen LogP contribution in [0.2, 0.25) is 0 Å². The van der Waals surface area contributed by atoms with Gasteiger partial charge < -0.3 is 14.5 Å². The highest BCUT2D eigenvalue weighted by molar-refractivity contribution is 9.10. The number of hydrogen-bond donors (Lipinski definition) is 0. The highest BCUT2D eigenvalue weighted by atomic mass is 79.9. The van der Waals surface area contributed by atoms with E-state index in [2.05, 4.69) is 34.9 Å². The zero-order valence-corrected chi connectivity index (χ0v) is 15.4. The molecule has 1 aliphatic rings. The number of benzene rings is 1. The molecule has 1 saturated heterocycles. The molecule has 0 saturated carbocycles. The van der Waals surface area contributed by atoms with Crippen LogP contribution >= 0.6 is 15.9 Å². The fourth-order valence-corrected chi connectivity index (χ4v) is 3.39. The molecule has 0 aromatic heterocycles. The van der Waals surface area contributed by atoms with E-state index in [9.17, 15) is 4.79 Å². The molecule has 0 radical (unpaired) electrons. The van der Waals surface area contributed by atoms with Gasteiger partial charge in [0.2, 0.25) is 0 Å². The third-order valence-corrected chi connectivity index (χ3v) is 4.87. The first kappa shape index (κ1) is 17.3. The van der Waals surface area contributed by atoms with Crippen molar-refractivity contribution in [3.05, 3.63) is 28.2 Å². The van der Waals surface area contributed by atoms with Gasteiger partial charge in [-0.2, -0.15) is 0 Å². The van der Waals surface area contributed by atoms with Gasteiger partial charge in [0.05, 0.1) is 4.47 Å². The maximum Gasteiger partial charge on any atom is 0.263 e. The number of amides is 1. The first-order chi connectivity index (χ1) is 10.4. The molecule has 5 heteroatoms. The number of rotatable bonds is 4. The number of nitrogens with zero attached hydrogens (tertiary/aromatic N) is 2. The first-order valence-corrected chi connectivity index (χ1v) is 8.56. The van der Waals surface area contributed by atoms with Crippen molar-refractivity contribution in [3.8, 4) is 5.75 Å². The van der Waals surface area contributed by atoms with Gasteiger partial charge in [0.25, 0.3) is 5.91 Å². The number of carbonyl (C=O) groups is 1. The Bertz CT molecular complexity index is 525. The Morgan fingerprint density at radius 1 is 1.36 bits per heavy atom. The Morgan fingerprint density at radius 3 is 2.55 bits per heavy atom. The highest BCUT2D eigenvalue weighted by Crippen LogP contribution is 2.27. The Balaban J connectivity index is 1.92. The largest absolute Gasteiger partial charge is 0.480 e. The van der Waals surface area contributed by atoms with E-state index >= 15 is 0 Å². The summed E-state index contributed by atoms with van der Waals surface area (Å²) in [5.41, 5.74) is 1.16. The summed E-state index contributed by atoms with van der Waals surface area (Å²) in [6.07, 6.45) is 1.59. The van der Waals surface area contributed by atoms with Crippen LogP contribution in [0.4, 0.5) is 0 Å². The summed E-state index contributed by atoms with van der Waals surface area (Å²) in [4.78, 5) is 16.7. The molecular weight excluding hydrogens is 344 g/mol. The number of likely N-dealkylation sites (tertiary alicyclic amines) is 1. The van der Waals surface area contributed by atoms with Crippen LogP contribution < -0.4 is 4.74 Å². The fourth-order valence-electron chi connectivity index (χ4n) is 2.80. The van der Waals surface area contributed by atoms with E-state index in [-0.39, 0.29) is 5.91 Å². The van der Waals surface area contributed by atoms with Crippen molar-refractivity contribution in [1.82, 2.24) is 9.80 Å². The minimum absolute atomic E-state index is 0.0738. The first-order valence-electron chi connectivity index (χ1n) is 7.76. The molecule has 1 aromatic rings. The lowest BCUT2D eigenvalue weighted by Crippen LogP contribution is -2.48. The molecule has 1 atom stereocenters. The SMILES string of the molecule is Cc1ccc(OC(C)C(=O)N2CCC(N(C)C)CC2)c(Br)c1. The zero-order chi connectivity index (χ0) is 16.3. The maximum atomic E-state index is 12.5. The van der Waals surface area contributed by atoms with Gasteiger partial charge in [0, 0.05) is 19.1 Å². The summed E-state index contributed by atoms with van der Waals surface area (Å²) in [6, 6.07) is 6.46. The lowest BCUT2D eigenvalue weighted by Gasteiger charge is -2.36. The summed E-state index contributed by atoms with van der Waals surface area (Å²) in [5, 5.41) is 0. The lowest BCUT2D eigenvalue weighted by atomic mass is 10.0. The predicted molar refractivity (Wildman–Crippen MR) is 92.3 cm³/mol. The van der Waals surface area contributed by atoms with E-state index in [0.717, 1.165) is 41.7 Å². The lowest BCUT2D eigenvalue weighted by molar-refractivity contribution is -0.139. The summed E-state index contributed by atoms with van der Waals surface area (Å²) in [7, 11) is 4.20. The van der Waals surface area contributed by atoms with Gasteiger partial charge in [-0.25, -0.2) is 0 Å². The van der Waals surface area contributed by atoms with Gasteiger partial charge in [0.15, 0.2) is 6.10 Å². The minimum Gasteiger partial charge on any atom is -0.480 e. The van der Waals surface area contributed by atoms with Crippen LogP contribution in [0.15, 0.2) is 22.7 Å². The van der Waals surface area contributed by atoms with Crippen molar-refractivity contribution < 1.29 is 9.53 Å². The Labute approximate surface area is 141 Å². The van der Waals surface area contributed by atoms with Crippen LogP contribution in [0.25, 0.3) is 0 Å². The minimum atomic E-state index is -0.463. The molecule has 1 aromatic carbocycles. The van der Waals surface area contributed by atoms with E-state index in [4.69, 9.17) is 4.74 Å². The second-order valence-corrected chi connectivity index (χ2v) is 7.07. The normalized spacial score (nSPS) is 17.6. The number of piperidine rings is 1. The molecule has 4 nitrogen and oxygen atoms in total. The second-order valence-electron chi connectivity index (χ2n) is 6.21. The smallest absolute Gasteiger partial charge is 0.263 e. The van der Waals surface area contributed by atoms with E-state index in [1.54, 1.807) is 0 Å². The van der Waals surface area contributed by atoms with Crippen molar-refractivity contribution >= 4 is 21.8 Å². The molecule has 1 fully saturated rings. The number of aryl methyl sites for hydroxylation is 1. The summed E-state index contributed by atoms with van der Waals surface area (Å²) < 4.78 is 6.73. The van der Waals surface area contributed by atoms with E-state index in [1.807, 2.05) is 36.9 Å². The van der Waals surface area contributed by atoms with Crippen LogP contribution in [0.3, 0.4) is 0 Å². The van der Waals surface area contributed by atoms with E-state index < -0.39 is 6.10 Å². The number of halogens is 1. The maximum absolute atomic E-state index is 12.5. The zero-order valence-electron chi connectivity index (χ0n) is 13.8. The Kier molecular flexibility index (Phi) is 5.87. The Morgan fingerprint density at radius 2 is 2.00 bits per heavy atom. The molecule has 122 valence electrons. The molecule has 2 rings (SSSR count). The number of ether oxygens (including phenoxy) is 1. The molecule has 0 spiro atoms. The molecule has 1 unspecified atom stereocenters. The van der Waals surface area contributed by atoms with Gasteiger partial charge in [0.1, 0.15) is 5.75 Å². The topological polar surface area (TPSA) is 32.8 Å². The standard InChI is InChI=1S/C17H25BrN2O2/c1-12-5-6-16(15(18)11-12)22-13(2)17(21)20-9-7-14(8-10-20)19(3)4/h5-6,11,13-14H,7-10H2,1-4H3. The van der Waals surface area contributed by atoms with Crippen LogP contribution in [0.1, 0.15) is 25.3 Å². The quantitative estimate of drug-likeness (QED) is 0.818. The van der Waals surface area contributed by atoms with Crippen molar-refractivity contribution in [2.45, 2.75) is 38.8 Å². The molecule has 1 aliphatic heterocycles. The van der Waals surface area contributed by atoms with Gasteiger partial charge in [-0.15, -0.1) is 0 Å². The third kappa shape index (κ3) is 4.23. The van der Waals surface area contributed by atoms with Gasteiger partial charge in [-0.1, -0.05) is 6.07 Å². The molecular formula is C17H25BrN2O2. The van der Waals surface area contributed by atoms with Crippen molar-refractivity contribution in [1.29, 1.82) is 0 Å². The summed E-state index contributed by atoms with van der Waals surface area (Å²) in [6.45, 7) is 5.47. The van der Waals surface area contributed by atoms with Crippen LogP contribution in [-0.2, 0) is 4.79 Å². The van der Waals surface area contributed by atoms with E-state index in [1.165, 1.54) is 0 Å². The average molecular weight is 369 g/mol. The van der Waals surface area contributed by atoms with Crippen LogP contribution in [-0.4, -0.2) is 55.0 Å². The van der Waals surface area contributed by atoms with Gasteiger partial charge >= 0.3 is 0 Å². The highest BCUT2D eigenvalue weighted by Gasteiger charge is 2.27. The van der Waals surface area contributed by atoms with Gasteiger partial charge in [-0.3, -0.25) is 4.79 Å². The van der Waals surface area contributed by atoms with Crippen LogP contribution in [0.5, 0.6) is 5.75 Å². The molecule has 1 heterocycles. The molecule has 1 amide bonds. The Hall–Kier alpha value is -1.07. The second kappa shape index (κ2) is 7.47. The van der Waals surface area contributed by atoms with Crippen LogP contribution in [0, 0.1) is 6.92 Å². The number of carbonyl (C=O) groups excluding carboxylic acids is 1. The summed E-state index contributed by atoms with van der Waals surface area (Å²) >= 11 is 3.49. The molecule has 22 heavy (non-hydrogen) atoms. The van der Waals surface area contributed by atoms with Crippen molar-refractivity contribution in [2.75, 3.05) is 27.2 Å². The van der Waals surface area contributed by atoms with Gasteiger partial charge in [-0.05, 0) is 74.4 Å². The van der Waals surface area contributed by atoms with Crippen molar-refractivity contribution in [3.63, 3.8) is 0 Å².